The minimum Gasteiger partial charge on any atom is -0.507 e. The highest BCUT2D eigenvalue weighted by atomic mass is 35.5. The number of hydrogen-bond acceptors (Lipinski definition) is 4. The number of halogens is 2. The number of phenolic OH excluding ortho intramolecular Hbond substituents is 1. The van der Waals surface area contributed by atoms with Crippen LogP contribution in [-0.2, 0) is 6.61 Å². The number of methoxy groups -OCH3 is 1. The topological polar surface area (TPSA) is 67.4 Å². The average Bonchev–Trinajstić information content (AvgIpc) is 3.15. The zero-order valence-electron chi connectivity index (χ0n) is 16.9. The molecule has 0 atom stereocenters. The summed E-state index contributed by atoms with van der Waals surface area (Å²) >= 11 is 12.0. The number of aromatic hydroxyl groups is 1. The van der Waals surface area contributed by atoms with Crippen molar-refractivity contribution in [3.05, 3.63) is 82.0 Å². The van der Waals surface area contributed by atoms with Crippen LogP contribution in [0.2, 0.25) is 10.0 Å². The summed E-state index contributed by atoms with van der Waals surface area (Å²) in [7, 11) is 1.63. The molecule has 0 unspecified atom stereocenters. The molecule has 4 rings (SSSR count). The fourth-order valence-electron chi connectivity index (χ4n) is 3.33. The normalized spacial score (nSPS) is 10.8. The Hall–Kier alpha value is -3.15. The third kappa shape index (κ3) is 4.48. The molecule has 0 saturated heterocycles. The number of aromatic nitrogens is 2. The smallest absolute Gasteiger partial charge is 0.128 e. The van der Waals surface area contributed by atoms with E-state index in [1.165, 1.54) is 0 Å². The molecule has 0 aliphatic carbocycles. The number of nitrogens with zero attached hydrogens (tertiary/aromatic N) is 1. The van der Waals surface area contributed by atoms with Gasteiger partial charge in [0.15, 0.2) is 0 Å². The number of rotatable bonds is 6. The fraction of sp³-hybridized carbons (Fsp3) is 0.125. The SMILES string of the molecule is COc1ccc(-c2c(-c3ccc(OCc4ccc(Cl)c(Cl)c4)cc3O)n[nH]c2C)cc1. The molecular formula is C24H20Cl2N2O3. The first-order chi connectivity index (χ1) is 15.0. The second-order valence-corrected chi connectivity index (χ2v) is 7.83. The van der Waals surface area contributed by atoms with Gasteiger partial charge in [-0.05, 0) is 54.4 Å². The number of hydrogen-bond donors (Lipinski definition) is 2. The first kappa shape index (κ1) is 21.1. The van der Waals surface area contributed by atoms with Crippen LogP contribution in [-0.4, -0.2) is 22.4 Å². The van der Waals surface area contributed by atoms with Gasteiger partial charge in [-0.3, -0.25) is 5.10 Å². The van der Waals surface area contributed by atoms with E-state index in [0.29, 0.717) is 33.7 Å². The number of phenols is 1. The van der Waals surface area contributed by atoms with Crippen molar-refractivity contribution >= 4 is 23.2 Å². The molecule has 0 amide bonds. The van der Waals surface area contributed by atoms with Gasteiger partial charge in [0.05, 0.1) is 17.2 Å². The van der Waals surface area contributed by atoms with Crippen LogP contribution in [0.5, 0.6) is 17.2 Å². The van der Waals surface area contributed by atoms with Gasteiger partial charge in [-0.25, -0.2) is 0 Å². The third-order valence-electron chi connectivity index (χ3n) is 4.94. The van der Waals surface area contributed by atoms with Crippen LogP contribution >= 0.6 is 23.2 Å². The minimum atomic E-state index is 0.0768. The quantitative estimate of drug-likeness (QED) is 0.342. The van der Waals surface area contributed by atoms with Crippen LogP contribution in [0, 0.1) is 6.92 Å². The maximum atomic E-state index is 10.7. The third-order valence-corrected chi connectivity index (χ3v) is 5.68. The fourth-order valence-corrected chi connectivity index (χ4v) is 3.65. The van der Waals surface area contributed by atoms with E-state index < -0.39 is 0 Å². The molecule has 7 heteroatoms. The van der Waals surface area contributed by atoms with E-state index in [0.717, 1.165) is 28.1 Å². The van der Waals surface area contributed by atoms with Gasteiger partial charge >= 0.3 is 0 Å². The number of aromatic amines is 1. The van der Waals surface area contributed by atoms with E-state index in [2.05, 4.69) is 10.2 Å². The van der Waals surface area contributed by atoms with Crippen LogP contribution in [0.25, 0.3) is 22.4 Å². The van der Waals surface area contributed by atoms with Crippen molar-refractivity contribution in [2.24, 2.45) is 0 Å². The van der Waals surface area contributed by atoms with Gasteiger partial charge in [-0.2, -0.15) is 5.10 Å². The molecule has 1 heterocycles. The summed E-state index contributed by atoms with van der Waals surface area (Å²) in [5.74, 6) is 1.39. The maximum absolute atomic E-state index is 10.7. The van der Waals surface area contributed by atoms with E-state index >= 15 is 0 Å². The van der Waals surface area contributed by atoms with E-state index in [4.69, 9.17) is 32.7 Å². The number of aryl methyl sites for hydroxylation is 1. The highest BCUT2D eigenvalue weighted by molar-refractivity contribution is 6.42. The van der Waals surface area contributed by atoms with E-state index in [1.807, 2.05) is 37.3 Å². The second kappa shape index (κ2) is 8.92. The number of H-pyrrole nitrogens is 1. The number of ether oxygens (including phenoxy) is 2. The molecule has 31 heavy (non-hydrogen) atoms. The van der Waals surface area contributed by atoms with Gasteiger partial charge in [0.1, 0.15) is 29.5 Å². The van der Waals surface area contributed by atoms with Gasteiger partial charge < -0.3 is 14.6 Å². The second-order valence-electron chi connectivity index (χ2n) is 7.02. The molecule has 158 valence electrons. The van der Waals surface area contributed by atoms with Crippen molar-refractivity contribution in [3.8, 4) is 39.6 Å². The lowest BCUT2D eigenvalue weighted by molar-refractivity contribution is 0.304. The monoisotopic (exact) mass is 454 g/mol. The predicted octanol–water partition coefficient (Wildman–Crippen LogP) is 6.65. The van der Waals surface area contributed by atoms with Crippen molar-refractivity contribution in [1.29, 1.82) is 0 Å². The molecule has 0 spiro atoms. The van der Waals surface area contributed by atoms with E-state index in [9.17, 15) is 5.11 Å². The lowest BCUT2D eigenvalue weighted by atomic mass is 9.98. The Labute approximate surface area is 190 Å². The molecular weight excluding hydrogens is 435 g/mol. The zero-order valence-corrected chi connectivity index (χ0v) is 18.5. The molecule has 1 aromatic heterocycles. The lowest BCUT2D eigenvalue weighted by Gasteiger charge is -2.11. The molecule has 4 aromatic rings. The van der Waals surface area contributed by atoms with Crippen LogP contribution in [0.4, 0.5) is 0 Å². The maximum Gasteiger partial charge on any atom is 0.128 e. The molecule has 0 aliphatic rings. The largest absolute Gasteiger partial charge is 0.507 e. The Morgan fingerprint density at radius 3 is 2.35 bits per heavy atom. The Morgan fingerprint density at radius 2 is 1.68 bits per heavy atom. The lowest BCUT2D eigenvalue weighted by Crippen LogP contribution is -1.95. The van der Waals surface area contributed by atoms with Crippen molar-refractivity contribution in [2.45, 2.75) is 13.5 Å². The summed E-state index contributed by atoms with van der Waals surface area (Å²) in [6, 6.07) is 18.2. The Balaban J connectivity index is 1.59. The molecule has 2 N–H and O–H groups in total. The highest BCUT2D eigenvalue weighted by Gasteiger charge is 2.18. The number of nitrogens with one attached hydrogen (secondary N) is 1. The van der Waals surface area contributed by atoms with Gasteiger partial charge in [-0.1, -0.05) is 41.4 Å². The summed E-state index contributed by atoms with van der Waals surface area (Å²) in [6.45, 7) is 2.25. The summed E-state index contributed by atoms with van der Waals surface area (Å²) in [6.07, 6.45) is 0. The Kier molecular flexibility index (Phi) is 6.07. The Bertz CT molecular complexity index is 1220. The molecule has 0 radical (unpaired) electrons. The zero-order chi connectivity index (χ0) is 22.0. The molecule has 5 nitrogen and oxygen atoms in total. The highest BCUT2D eigenvalue weighted by Crippen LogP contribution is 2.39. The first-order valence-electron chi connectivity index (χ1n) is 9.55. The molecule has 0 aliphatic heterocycles. The van der Waals surface area contributed by atoms with Gasteiger partial charge in [-0.15, -0.1) is 0 Å². The van der Waals surface area contributed by atoms with Crippen molar-refractivity contribution in [2.75, 3.05) is 7.11 Å². The minimum absolute atomic E-state index is 0.0768. The standard InChI is InChI=1S/C24H20Cl2N2O3/c1-14-23(16-4-6-17(30-2)7-5-16)24(28-27-14)19-9-8-18(12-22(19)29)31-13-15-3-10-20(25)21(26)11-15/h3-12,29H,13H2,1-2H3,(H,27,28). The van der Waals surface area contributed by atoms with Gasteiger partial charge in [0.2, 0.25) is 0 Å². The van der Waals surface area contributed by atoms with Crippen LogP contribution < -0.4 is 9.47 Å². The summed E-state index contributed by atoms with van der Waals surface area (Å²) in [4.78, 5) is 0. The summed E-state index contributed by atoms with van der Waals surface area (Å²) in [5.41, 5.74) is 4.94. The van der Waals surface area contributed by atoms with Crippen LogP contribution in [0.15, 0.2) is 60.7 Å². The van der Waals surface area contributed by atoms with E-state index in [1.54, 1.807) is 37.4 Å². The molecule has 0 saturated carbocycles. The molecule has 0 bridgehead atoms. The summed E-state index contributed by atoms with van der Waals surface area (Å²) < 4.78 is 11.0. The van der Waals surface area contributed by atoms with E-state index in [-0.39, 0.29) is 5.75 Å². The van der Waals surface area contributed by atoms with Crippen molar-refractivity contribution in [1.82, 2.24) is 10.2 Å². The Morgan fingerprint density at radius 1 is 0.935 bits per heavy atom. The first-order valence-corrected chi connectivity index (χ1v) is 10.3. The van der Waals surface area contributed by atoms with Crippen LogP contribution in [0.3, 0.4) is 0 Å². The van der Waals surface area contributed by atoms with Gasteiger partial charge in [0, 0.05) is 22.9 Å². The average molecular weight is 455 g/mol. The predicted molar refractivity (Wildman–Crippen MR) is 123 cm³/mol. The van der Waals surface area contributed by atoms with Crippen molar-refractivity contribution in [3.63, 3.8) is 0 Å². The number of benzene rings is 3. The van der Waals surface area contributed by atoms with Gasteiger partial charge in [0.25, 0.3) is 0 Å². The molecule has 3 aromatic carbocycles. The molecule has 0 fully saturated rings. The van der Waals surface area contributed by atoms with Crippen LogP contribution in [0.1, 0.15) is 11.3 Å². The summed E-state index contributed by atoms with van der Waals surface area (Å²) in [5, 5.41) is 19.1. The van der Waals surface area contributed by atoms with Crippen molar-refractivity contribution < 1.29 is 14.6 Å².